The van der Waals surface area contributed by atoms with Crippen molar-refractivity contribution in [2.45, 2.75) is 44.0 Å². The van der Waals surface area contributed by atoms with Crippen molar-refractivity contribution in [3.8, 4) is 0 Å². The van der Waals surface area contributed by atoms with E-state index in [0.717, 1.165) is 17.8 Å². The summed E-state index contributed by atoms with van der Waals surface area (Å²) >= 11 is 0. The molecule has 1 aliphatic heterocycles. The molecule has 1 aliphatic carbocycles. The molecule has 0 bridgehead atoms. The molecule has 0 atom stereocenters. The van der Waals surface area contributed by atoms with Crippen LogP contribution in [-0.2, 0) is 20.5 Å². The highest BCUT2D eigenvalue weighted by Crippen LogP contribution is 2.38. The van der Waals surface area contributed by atoms with Crippen LogP contribution in [0.15, 0.2) is 48.5 Å². The number of alkyl halides is 3. The van der Waals surface area contributed by atoms with E-state index in [2.05, 4.69) is 5.32 Å². The van der Waals surface area contributed by atoms with E-state index in [9.17, 15) is 32.9 Å². The van der Waals surface area contributed by atoms with Crippen LogP contribution in [0.3, 0.4) is 0 Å². The Morgan fingerprint density at radius 1 is 1.08 bits per heavy atom. The van der Waals surface area contributed by atoms with Crippen molar-refractivity contribution in [3.63, 3.8) is 0 Å². The number of carbonyl (C=O) groups excluding carboxylic acids is 2. The third kappa shape index (κ3) is 6.56. The minimum atomic E-state index is -4.84. The lowest BCUT2D eigenvalue weighted by Gasteiger charge is -2.35. The van der Waals surface area contributed by atoms with Gasteiger partial charge in [-0.25, -0.2) is 0 Å². The highest BCUT2D eigenvalue weighted by molar-refractivity contribution is 5.98. The van der Waals surface area contributed by atoms with Crippen molar-refractivity contribution in [3.05, 3.63) is 64.2 Å². The van der Waals surface area contributed by atoms with Gasteiger partial charge in [-0.3, -0.25) is 19.7 Å². The molecule has 2 aromatic rings. The summed E-state index contributed by atoms with van der Waals surface area (Å²) in [7, 11) is 0. The van der Waals surface area contributed by atoms with Crippen molar-refractivity contribution >= 4 is 28.9 Å². The van der Waals surface area contributed by atoms with Gasteiger partial charge in [0.1, 0.15) is 18.7 Å². The van der Waals surface area contributed by atoms with Crippen LogP contribution < -0.4 is 10.2 Å². The summed E-state index contributed by atoms with van der Waals surface area (Å²) in [5.41, 5.74) is -1.31. The number of halogens is 3. The van der Waals surface area contributed by atoms with Crippen molar-refractivity contribution in [2.75, 3.05) is 36.5 Å². The Labute approximate surface area is 211 Å². The number of hydrogen-bond donors (Lipinski definition) is 1. The van der Waals surface area contributed by atoms with Gasteiger partial charge in [-0.05, 0) is 49.9 Å². The van der Waals surface area contributed by atoms with E-state index in [4.69, 9.17) is 4.74 Å². The van der Waals surface area contributed by atoms with Gasteiger partial charge in [0.2, 0.25) is 11.8 Å². The first kappa shape index (κ1) is 26.4. The van der Waals surface area contributed by atoms with E-state index in [1.807, 2.05) is 30.3 Å². The third-order valence-corrected chi connectivity index (χ3v) is 6.63. The normalized spacial score (nSPS) is 20.6. The molecule has 198 valence electrons. The molecule has 2 aliphatic rings. The van der Waals surface area contributed by atoms with Gasteiger partial charge in [0.15, 0.2) is 0 Å². The lowest BCUT2D eigenvalue weighted by Crippen LogP contribution is -2.53. The number of rotatable bonds is 7. The van der Waals surface area contributed by atoms with Gasteiger partial charge < -0.3 is 19.9 Å². The number of piperazine rings is 1. The summed E-state index contributed by atoms with van der Waals surface area (Å²) in [4.78, 5) is 38.1. The summed E-state index contributed by atoms with van der Waals surface area (Å²) in [5, 5.41) is 14.0. The lowest BCUT2D eigenvalue weighted by molar-refractivity contribution is -0.388. The van der Waals surface area contributed by atoms with E-state index in [-0.39, 0.29) is 42.8 Å². The fourth-order valence-electron chi connectivity index (χ4n) is 4.67. The molecule has 0 spiro atoms. The number of para-hydroxylation sites is 1. The number of nitrogens with zero attached hydrogens (tertiary/aromatic N) is 3. The highest BCUT2D eigenvalue weighted by atomic mass is 19.4. The molecule has 2 aromatic carbocycles. The van der Waals surface area contributed by atoms with Gasteiger partial charge in [-0.1, -0.05) is 18.2 Å². The highest BCUT2D eigenvalue weighted by Gasteiger charge is 2.38. The molecular weight excluding hydrogens is 493 g/mol. The first-order valence-corrected chi connectivity index (χ1v) is 12.0. The molecule has 1 saturated carbocycles. The Balaban J connectivity index is 1.22. The van der Waals surface area contributed by atoms with Crippen molar-refractivity contribution in [1.82, 2.24) is 4.90 Å². The van der Waals surface area contributed by atoms with Crippen LogP contribution in [0.5, 0.6) is 0 Å². The molecule has 9 nitrogen and oxygen atoms in total. The second-order valence-corrected chi connectivity index (χ2v) is 9.11. The van der Waals surface area contributed by atoms with Crippen LogP contribution in [0.4, 0.5) is 30.2 Å². The maximum Gasteiger partial charge on any atom is 0.423 e. The van der Waals surface area contributed by atoms with E-state index in [0.29, 0.717) is 38.8 Å². The monoisotopic (exact) mass is 520 g/mol. The van der Waals surface area contributed by atoms with E-state index in [1.165, 1.54) is 11.0 Å². The van der Waals surface area contributed by atoms with E-state index in [1.54, 1.807) is 4.90 Å². The fraction of sp³-hybridized carbons (Fsp3) is 0.440. The number of carbonyl (C=O) groups is 2. The molecule has 1 saturated heterocycles. The summed E-state index contributed by atoms with van der Waals surface area (Å²) in [6, 6.07) is 12.0. The zero-order valence-corrected chi connectivity index (χ0v) is 19.9. The third-order valence-electron chi connectivity index (χ3n) is 6.63. The summed E-state index contributed by atoms with van der Waals surface area (Å²) in [6.45, 7) is 0.667. The SMILES string of the molecule is O=C(CO[C@H]1CC[C@H](Nc2ccc([N+](=O)[O-])c(C(F)(F)F)c2)CC1)N1CCN(c2ccccc2)C(=O)C1. The largest absolute Gasteiger partial charge is 0.423 e. The zero-order chi connectivity index (χ0) is 26.6. The number of anilines is 2. The Bertz CT molecular complexity index is 1140. The Morgan fingerprint density at radius 2 is 1.78 bits per heavy atom. The van der Waals surface area contributed by atoms with Crippen LogP contribution in [0, 0.1) is 10.1 Å². The van der Waals surface area contributed by atoms with Crippen molar-refractivity contribution < 1.29 is 32.4 Å². The molecule has 0 radical (unpaired) electrons. The summed E-state index contributed by atoms with van der Waals surface area (Å²) in [5.74, 6) is -0.413. The van der Waals surface area contributed by atoms with E-state index >= 15 is 0 Å². The maximum atomic E-state index is 13.2. The van der Waals surface area contributed by atoms with Crippen LogP contribution >= 0.6 is 0 Å². The van der Waals surface area contributed by atoms with Crippen LogP contribution in [0.2, 0.25) is 0 Å². The average Bonchev–Trinajstić information content (AvgIpc) is 2.88. The van der Waals surface area contributed by atoms with Gasteiger partial charge in [-0.15, -0.1) is 0 Å². The maximum absolute atomic E-state index is 13.2. The molecule has 1 heterocycles. The number of amides is 2. The van der Waals surface area contributed by atoms with Gasteiger partial charge in [0.25, 0.3) is 5.69 Å². The van der Waals surface area contributed by atoms with Crippen molar-refractivity contribution in [1.29, 1.82) is 0 Å². The van der Waals surface area contributed by atoms with Gasteiger partial charge in [0.05, 0.1) is 11.0 Å². The zero-order valence-electron chi connectivity index (χ0n) is 19.9. The van der Waals surface area contributed by atoms with Gasteiger partial charge in [0, 0.05) is 36.6 Å². The first-order valence-electron chi connectivity index (χ1n) is 12.0. The van der Waals surface area contributed by atoms with E-state index < -0.39 is 22.4 Å². The molecule has 1 N–H and O–H groups in total. The van der Waals surface area contributed by atoms with Crippen LogP contribution in [0.1, 0.15) is 31.2 Å². The lowest BCUT2D eigenvalue weighted by atomic mass is 9.92. The number of hydrogen-bond acceptors (Lipinski definition) is 6. The number of nitrogens with one attached hydrogen (secondary N) is 1. The molecular formula is C25H27F3N4O5. The molecule has 4 rings (SSSR count). The molecule has 2 amide bonds. The Morgan fingerprint density at radius 3 is 2.41 bits per heavy atom. The second kappa shape index (κ2) is 11.2. The smallest absolute Gasteiger partial charge is 0.382 e. The minimum Gasteiger partial charge on any atom is -0.382 e. The van der Waals surface area contributed by atoms with Gasteiger partial charge >= 0.3 is 6.18 Å². The number of nitro groups is 1. The minimum absolute atomic E-state index is 0.0110. The van der Waals surface area contributed by atoms with Crippen LogP contribution in [-0.4, -0.2) is 60.0 Å². The predicted molar refractivity (Wildman–Crippen MR) is 129 cm³/mol. The van der Waals surface area contributed by atoms with Crippen molar-refractivity contribution in [2.24, 2.45) is 0 Å². The number of ether oxygens (including phenoxy) is 1. The molecule has 37 heavy (non-hydrogen) atoms. The average molecular weight is 521 g/mol. The van der Waals surface area contributed by atoms with Crippen LogP contribution in [0.25, 0.3) is 0 Å². The molecule has 12 heteroatoms. The number of nitro benzene ring substituents is 1. The summed E-state index contributed by atoms with van der Waals surface area (Å²) < 4.78 is 45.4. The fourth-order valence-corrected chi connectivity index (χ4v) is 4.67. The molecule has 2 fully saturated rings. The molecule has 0 unspecified atom stereocenters. The Kier molecular flexibility index (Phi) is 7.96. The Hall–Kier alpha value is -3.67. The topological polar surface area (TPSA) is 105 Å². The molecule has 0 aromatic heterocycles. The standard InChI is InChI=1S/C25H27F3N4O5/c26-25(27,28)21-14-18(8-11-22(21)32(35)36)29-17-6-9-20(10-7-17)37-16-24(34)30-12-13-31(23(33)15-30)19-4-2-1-3-5-19/h1-5,8,11,14,17,20,29H,6-7,9-10,12-13,15-16H2/t17-,20-. The quantitative estimate of drug-likeness (QED) is 0.433. The number of benzene rings is 2. The van der Waals surface area contributed by atoms with Gasteiger partial charge in [-0.2, -0.15) is 13.2 Å². The summed E-state index contributed by atoms with van der Waals surface area (Å²) in [6.07, 6.45) is -2.60. The predicted octanol–water partition coefficient (Wildman–Crippen LogP) is 4.23. The first-order chi connectivity index (χ1) is 17.6. The second-order valence-electron chi connectivity index (χ2n) is 9.11.